The Morgan fingerprint density at radius 3 is 2.72 bits per heavy atom. The van der Waals surface area contributed by atoms with Crippen LogP contribution < -0.4 is 4.74 Å². The zero-order valence-electron chi connectivity index (χ0n) is 9.99. The summed E-state index contributed by atoms with van der Waals surface area (Å²) in [6, 6.07) is 9.35. The second kappa shape index (κ2) is 6.07. The molecule has 1 heterocycles. The van der Waals surface area contributed by atoms with Crippen molar-refractivity contribution in [2.45, 2.75) is 20.0 Å². The molecule has 0 saturated heterocycles. The smallest absolute Gasteiger partial charge is 0.129 e. The van der Waals surface area contributed by atoms with Gasteiger partial charge in [-0.25, -0.2) is 4.98 Å². The number of benzene rings is 1. The van der Waals surface area contributed by atoms with E-state index >= 15 is 0 Å². The van der Waals surface area contributed by atoms with E-state index in [2.05, 4.69) is 11.9 Å². The molecule has 0 amide bonds. The highest BCUT2D eigenvalue weighted by molar-refractivity contribution is 6.31. The van der Waals surface area contributed by atoms with Gasteiger partial charge >= 0.3 is 0 Å². The Labute approximate surface area is 117 Å². The molecule has 0 spiro atoms. The van der Waals surface area contributed by atoms with E-state index in [1.807, 2.05) is 24.3 Å². The molecule has 2 nitrogen and oxygen atoms in total. The number of aromatic nitrogens is 1. The lowest BCUT2D eigenvalue weighted by molar-refractivity contribution is 0.306. The maximum absolute atomic E-state index is 6.05. The average molecular weight is 282 g/mol. The van der Waals surface area contributed by atoms with Crippen LogP contribution in [0.3, 0.4) is 0 Å². The predicted octanol–water partition coefficient (Wildman–Crippen LogP) is 4.53. The molecule has 94 valence electrons. The van der Waals surface area contributed by atoms with Crippen molar-refractivity contribution in [1.82, 2.24) is 4.98 Å². The molecular formula is C14H13Cl2NO. The fourth-order valence-electron chi connectivity index (χ4n) is 1.61. The second-order valence-corrected chi connectivity index (χ2v) is 4.68. The van der Waals surface area contributed by atoms with Crippen LogP contribution in [-0.2, 0) is 13.0 Å². The van der Waals surface area contributed by atoms with E-state index < -0.39 is 0 Å². The fraction of sp³-hybridized carbons (Fsp3) is 0.214. The third kappa shape index (κ3) is 3.37. The lowest BCUT2D eigenvalue weighted by Gasteiger charge is -2.08. The van der Waals surface area contributed by atoms with Crippen molar-refractivity contribution in [2.75, 3.05) is 0 Å². The Kier molecular flexibility index (Phi) is 4.45. The first kappa shape index (κ1) is 13.2. The molecule has 0 aliphatic rings. The number of hydrogen-bond acceptors (Lipinski definition) is 2. The van der Waals surface area contributed by atoms with Crippen molar-refractivity contribution in [3.8, 4) is 5.75 Å². The molecule has 0 N–H and O–H groups in total. The van der Waals surface area contributed by atoms with Crippen molar-refractivity contribution >= 4 is 23.2 Å². The normalized spacial score (nSPS) is 10.4. The number of pyridine rings is 1. The zero-order valence-corrected chi connectivity index (χ0v) is 11.5. The highest BCUT2D eigenvalue weighted by Gasteiger charge is 2.02. The standard InChI is InChI=1S/C14H13Cl2NO/c1-2-11-8-12(3-4-13(11)15)18-9-10-5-6-17-14(16)7-10/h3-8H,2,9H2,1H3. The SMILES string of the molecule is CCc1cc(OCc2ccnc(Cl)c2)ccc1Cl. The molecule has 4 heteroatoms. The van der Waals surface area contributed by atoms with Crippen LogP contribution in [-0.4, -0.2) is 4.98 Å². The minimum absolute atomic E-state index is 0.465. The molecule has 0 bridgehead atoms. The first-order chi connectivity index (χ1) is 8.69. The van der Waals surface area contributed by atoms with Crippen molar-refractivity contribution in [1.29, 1.82) is 0 Å². The Bertz CT molecular complexity index is 543. The molecule has 0 radical (unpaired) electrons. The van der Waals surface area contributed by atoms with Gasteiger partial charge in [0.2, 0.25) is 0 Å². The molecule has 0 atom stereocenters. The topological polar surface area (TPSA) is 22.1 Å². The summed E-state index contributed by atoms with van der Waals surface area (Å²) in [4.78, 5) is 3.93. The van der Waals surface area contributed by atoms with Crippen LogP contribution in [0.25, 0.3) is 0 Å². The summed E-state index contributed by atoms with van der Waals surface area (Å²) in [7, 11) is 0. The highest BCUT2D eigenvalue weighted by Crippen LogP contribution is 2.23. The van der Waals surface area contributed by atoms with Gasteiger partial charge in [-0.15, -0.1) is 0 Å². The number of nitrogens with zero attached hydrogens (tertiary/aromatic N) is 1. The highest BCUT2D eigenvalue weighted by atomic mass is 35.5. The van der Waals surface area contributed by atoms with Crippen LogP contribution in [0, 0.1) is 0 Å². The second-order valence-electron chi connectivity index (χ2n) is 3.88. The molecule has 1 aromatic carbocycles. The molecule has 18 heavy (non-hydrogen) atoms. The number of hydrogen-bond donors (Lipinski definition) is 0. The van der Waals surface area contributed by atoms with Gasteiger partial charge in [0.15, 0.2) is 0 Å². The van der Waals surface area contributed by atoms with Crippen LogP contribution in [0.15, 0.2) is 36.5 Å². The van der Waals surface area contributed by atoms with Gasteiger partial charge in [-0.2, -0.15) is 0 Å². The van der Waals surface area contributed by atoms with Crippen LogP contribution in [0.2, 0.25) is 10.2 Å². The summed E-state index contributed by atoms with van der Waals surface area (Å²) in [5, 5.41) is 1.25. The molecule has 0 aliphatic carbocycles. The van der Waals surface area contributed by atoms with Gasteiger partial charge in [0.1, 0.15) is 17.5 Å². The maximum Gasteiger partial charge on any atom is 0.129 e. The number of aryl methyl sites for hydroxylation is 1. The Balaban J connectivity index is 2.06. The summed E-state index contributed by atoms with van der Waals surface area (Å²) in [6.45, 7) is 2.53. The Morgan fingerprint density at radius 2 is 2.00 bits per heavy atom. The quantitative estimate of drug-likeness (QED) is 0.768. The summed E-state index contributed by atoms with van der Waals surface area (Å²) in [6.07, 6.45) is 2.55. The van der Waals surface area contributed by atoms with Gasteiger partial charge in [-0.1, -0.05) is 30.1 Å². The van der Waals surface area contributed by atoms with Crippen molar-refractivity contribution in [3.05, 3.63) is 57.8 Å². The average Bonchev–Trinajstić information content (AvgIpc) is 2.38. The van der Waals surface area contributed by atoms with Crippen molar-refractivity contribution in [2.24, 2.45) is 0 Å². The van der Waals surface area contributed by atoms with Crippen LogP contribution in [0.4, 0.5) is 0 Å². The molecule has 0 saturated carbocycles. The van der Waals surface area contributed by atoms with Gasteiger partial charge < -0.3 is 4.74 Å². The van der Waals surface area contributed by atoms with Gasteiger partial charge in [0, 0.05) is 11.2 Å². The summed E-state index contributed by atoms with van der Waals surface area (Å²) in [5.74, 6) is 0.809. The van der Waals surface area contributed by atoms with E-state index in [9.17, 15) is 0 Å². The third-order valence-electron chi connectivity index (χ3n) is 2.59. The van der Waals surface area contributed by atoms with E-state index in [0.717, 1.165) is 28.3 Å². The van der Waals surface area contributed by atoms with Gasteiger partial charge in [0.05, 0.1) is 0 Å². The first-order valence-corrected chi connectivity index (χ1v) is 6.46. The Hall–Kier alpha value is -1.25. The monoisotopic (exact) mass is 281 g/mol. The predicted molar refractivity (Wildman–Crippen MR) is 74.4 cm³/mol. The summed E-state index contributed by atoms with van der Waals surface area (Å²) in [5.41, 5.74) is 2.07. The lowest BCUT2D eigenvalue weighted by Crippen LogP contribution is -1.96. The van der Waals surface area contributed by atoms with E-state index in [0.29, 0.717) is 11.8 Å². The minimum Gasteiger partial charge on any atom is -0.489 e. The molecular weight excluding hydrogens is 269 g/mol. The van der Waals surface area contributed by atoms with Crippen molar-refractivity contribution in [3.63, 3.8) is 0 Å². The molecule has 2 aromatic rings. The molecule has 0 aliphatic heterocycles. The first-order valence-electron chi connectivity index (χ1n) is 5.70. The van der Waals surface area contributed by atoms with E-state index in [1.54, 1.807) is 12.3 Å². The molecule has 0 fully saturated rings. The van der Waals surface area contributed by atoms with E-state index in [-0.39, 0.29) is 0 Å². The Morgan fingerprint density at radius 1 is 1.17 bits per heavy atom. The van der Waals surface area contributed by atoms with E-state index in [4.69, 9.17) is 27.9 Å². The van der Waals surface area contributed by atoms with Crippen LogP contribution in [0.1, 0.15) is 18.1 Å². The van der Waals surface area contributed by atoms with Gasteiger partial charge in [0.25, 0.3) is 0 Å². The van der Waals surface area contributed by atoms with E-state index in [1.165, 1.54) is 0 Å². The summed E-state index contributed by atoms with van der Waals surface area (Å²) < 4.78 is 5.70. The fourth-order valence-corrected chi connectivity index (χ4v) is 2.06. The molecule has 0 unspecified atom stereocenters. The summed E-state index contributed by atoms with van der Waals surface area (Å²) >= 11 is 11.9. The molecule has 2 rings (SSSR count). The van der Waals surface area contributed by atoms with Gasteiger partial charge in [-0.3, -0.25) is 0 Å². The minimum atomic E-state index is 0.465. The van der Waals surface area contributed by atoms with Crippen LogP contribution in [0.5, 0.6) is 5.75 Å². The lowest BCUT2D eigenvalue weighted by atomic mass is 10.1. The number of halogens is 2. The largest absolute Gasteiger partial charge is 0.489 e. The third-order valence-corrected chi connectivity index (χ3v) is 3.17. The van der Waals surface area contributed by atoms with Crippen molar-refractivity contribution < 1.29 is 4.74 Å². The maximum atomic E-state index is 6.05. The zero-order chi connectivity index (χ0) is 13.0. The number of rotatable bonds is 4. The van der Waals surface area contributed by atoms with Gasteiger partial charge in [-0.05, 0) is 47.9 Å². The van der Waals surface area contributed by atoms with Crippen LogP contribution >= 0.6 is 23.2 Å². The number of ether oxygens (including phenoxy) is 1. The molecule has 1 aromatic heterocycles.